The quantitative estimate of drug-likeness (QED) is 0.165. The average molecular weight is 659 g/mol. The average Bonchev–Trinajstić information content (AvgIpc) is 3.76. The Kier molecular flexibility index (Phi) is 8.49. The number of carbonyl (C=O) groups is 2. The maximum Gasteiger partial charge on any atom is 0.442 e. The topological polar surface area (TPSA) is 109 Å². The number of fused-ring (bicyclic) bond motifs is 5. The maximum atomic E-state index is 13.4. The molecular formula is C37H49F3N2O5. The van der Waals surface area contributed by atoms with Crippen LogP contribution in [0.25, 0.3) is 0 Å². The number of aryl methyl sites for hydroxylation is 1. The summed E-state index contributed by atoms with van der Waals surface area (Å²) in [5, 5.41) is 27.8. The van der Waals surface area contributed by atoms with Crippen LogP contribution in [0.3, 0.4) is 0 Å². The van der Waals surface area contributed by atoms with Gasteiger partial charge in [0.2, 0.25) is 0 Å². The van der Waals surface area contributed by atoms with E-state index < -0.39 is 29.9 Å². The van der Waals surface area contributed by atoms with Crippen molar-refractivity contribution in [1.82, 2.24) is 0 Å². The zero-order chi connectivity index (χ0) is 34.2. The van der Waals surface area contributed by atoms with E-state index in [4.69, 9.17) is 4.74 Å². The number of unbranched alkanes of at least 4 members (excludes halogenated alkanes) is 1. The van der Waals surface area contributed by atoms with Crippen molar-refractivity contribution in [2.45, 2.75) is 129 Å². The minimum atomic E-state index is -4.57. The van der Waals surface area contributed by atoms with Gasteiger partial charge in [-0.1, -0.05) is 52.0 Å². The van der Waals surface area contributed by atoms with Crippen molar-refractivity contribution in [2.75, 3.05) is 0 Å². The summed E-state index contributed by atoms with van der Waals surface area (Å²) < 4.78 is 46.0. The molecule has 5 aliphatic rings. The molecule has 1 aromatic carbocycles. The molecule has 0 aromatic heterocycles. The van der Waals surface area contributed by atoms with Crippen molar-refractivity contribution in [3.63, 3.8) is 0 Å². The van der Waals surface area contributed by atoms with Gasteiger partial charge in [0.05, 0.1) is 6.10 Å². The molecule has 4 fully saturated rings. The molecule has 0 amide bonds. The highest BCUT2D eigenvalue weighted by Gasteiger charge is 2.69. The molecule has 9 atom stereocenters. The number of aliphatic hydroxyl groups excluding tert-OH is 1. The molecule has 1 aromatic rings. The second kappa shape index (κ2) is 11.7. The Bertz CT molecular complexity index is 1470. The zero-order valence-corrected chi connectivity index (χ0v) is 28.2. The number of hydrogen-bond donors (Lipinski definition) is 2. The third kappa shape index (κ3) is 5.35. The third-order valence-electron chi connectivity index (χ3n) is 13.9. The highest BCUT2D eigenvalue weighted by atomic mass is 19.4. The SMILES string of the molecule is CC(=O)O[C@H]1C[C@@]2(C)C(CCC3[C@@]4(C)CC[C@@H](O)[C@@H](C)C4CC[C@@]32C)/C1=C(\CCCCc1ccc(C2(C(F)(F)F)N=N2)cc1)C(=O)O. The number of ether oxygens (including phenoxy) is 1. The van der Waals surface area contributed by atoms with E-state index in [1.54, 1.807) is 12.1 Å². The number of hydrogen-bond acceptors (Lipinski definition) is 6. The number of aliphatic carboxylic acids is 1. The molecule has 6 rings (SSSR count). The van der Waals surface area contributed by atoms with E-state index in [1.165, 1.54) is 19.1 Å². The predicted molar refractivity (Wildman–Crippen MR) is 169 cm³/mol. The van der Waals surface area contributed by atoms with Crippen LogP contribution in [0, 0.1) is 39.9 Å². The number of benzene rings is 1. The molecule has 0 spiro atoms. The maximum absolute atomic E-state index is 13.4. The Morgan fingerprint density at radius 2 is 1.66 bits per heavy atom. The molecule has 0 radical (unpaired) electrons. The summed E-state index contributed by atoms with van der Waals surface area (Å²) in [6.45, 7) is 10.7. The fourth-order valence-electron chi connectivity index (χ4n) is 11.2. The standard InChI is InChI=1S/C37H49F3N2O5/c1-21-26-16-19-34(4)30(33(26,3)18-17-28(21)44)15-14-27-31(29(47-22(2)43)20-35(27,34)5)25(32(45)46)9-7-6-8-23-10-12-24(13-11-23)36(41-42-36)37(38,39)40/h10-13,21,26-30,44H,6-9,14-20H2,1-5H3,(H,45,46)/b31-25-/t21-,26?,27?,28+,29-,30?,33-,34-,35-/m0/s1. The van der Waals surface area contributed by atoms with Crippen LogP contribution in [0.4, 0.5) is 13.2 Å². The van der Waals surface area contributed by atoms with E-state index in [9.17, 15) is 33.0 Å². The molecule has 47 heavy (non-hydrogen) atoms. The Morgan fingerprint density at radius 1 is 0.979 bits per heavy atom. The summed E-state index contributed by atoms with van der Waals surface area (Å²) in [6.07, 6.45) is 3.08. The number of nitrogens with zero attached hydrogens (tertiary/aromatic N) is 2. The Hall–Kier alpha value is -2.75. The monoisotopic (exact) mass is 658 g/mol. The van der Waals surface area contributed by atoms with Gasteiger partial charge in [-0.2, -0.15) is 13.2 Å². The fourth-order valence-corrected chi connectivity index (χ4v) is 11.2. The van der Waals surface area contributed by atoms with E-state index >= 15 is 0 Å². The first-order chi connectivity index (χ1) is 22.0. The van der Waals surface area contributed by atoms with Gasteiger partial charge in [0, 0.05) is 18.1 Å². The van der Waals surface area contributed by atoms with Crippen molar-refractivity contribution < 1.29 is 37.7 Å². The number of halogens is 3. The number of carbonyl (C=O) groups excluding carboxylic acids is 1. The van der Waals surface area contributed by atoms with Gasteiger partial charge in [0.1, 0.15) is 6.10 Å². The van der Waals surface area contributed by atoms with Crippen LogP contribution >= 0.6 is 0 Å². The summed E-state index contributed by atoms with van der Waals surface area (Å²) >= 11 is 0. The van der Waals surface area contributed by atoms with Crippen LogP contribution in [0.2, 0.25) is 0 Å². The molecule has 4 aliphatic carbocycles. The molecule has 258 valence electrons. The Labute approximate surface area is 275 Å². The third-order valence-corrected chi connectivity index (χ3v) is 13.9. The van der Waals surface area contributed by atoms with Crippen LogP contribution < -0.4 is 0 Å². The first kappa shape index (κ1) is 34.1. The van der Waals surface area contributed by atoms with Crippen molar-refractivity contribution in [1.29, 1.82) is 0 Å². The second-order valence-corrected chi connectivity index (χ2v) is 15.9. The van der Waals surface area contributed by atoms with Crippen LogP contribution in [0.1, 0.15) is 110 Å². The number of rotatable bonds is 8. The number of alkyl halides is 3. The fraction of sp³-hybridized carbons (Fsp3) is 0.730. The molecule has 10 heteroatoms. The van der Waals surface area contributed by atoms with E-state index in [0.29, 0.717) is 49.5 Å². The normalized spacial score (nSPS) is 39.8. The zero-order valence-electron chi connectivity index (χ0n) is 28.2. The molecule has 0 bridgehead atoms. The van der Waals surface area contributed by atoms with E-state index in [2.05, 4.69) is 37.9 Å². The first-order valence-electron chi connectivity index (χ1n) is 17.4. The summed E-state index contributed by atoms with van der Waals surface area (Å²) in [5.41, 5.74) is -0.649. The molecule has 2 N–H and O–H groups in total. The van der Waals surface area contributed by atoms with Gasteiger partial charge in [-0.3, -0.25) is 4.79 Å². The molecular weight excluding hydrogens is 609 g/mol. The van der Waals surface area contributed by atoms with E-state index in [1.807, 2.05) is 0 Å². The van der Waals surface area contributed by atoms with Gasteiger partial charge in [-0.15, -0.1) is 10.2 Å². The highest BCUT2D eigenvalue weighted by Crippen LogP contribution is 2.74. The first-order valence-corrected chi connectivity index (χ1v) is 17.4. The van der Waals surface area contributed by atoms with Crippen LogP contribution in [-0.4, -0.2) is 40.5 Å². The van der Waals surface area contributed by atoms with Crippen molar-refractivity contribution >= 4 is 11.9 Å². The molecule has 3 unspecified atom stereocenters. The van der Waals surface area contributed by atoms with Gasteiger partial charge < -0.3 is 14.9 Å². The summed E-state index contributed by atoms with van der Waals surface area (Å²) in [6, 6.07) is 6.14. The lowest BCUT2D eigenvalue weighted by Crippen LogP contribution is -2.61. The largest absolute Gasteiger partial charge is 0.478 e. The lowest BCUT2D eigenvalue weighted by molar-refractivity contribution is -0.198. The van der Waals surface area contributed by atoms with Gasteiger partial charge in [0.15, 0.2) is 0 Å². The minimum Gasteiger partial charge on any atom is -0.478 e. The van der Waals surface area contributed by atoms with Gasteiger partial charge >= 0.3 is 23.8 Å². The van der Waals surface area contributed by atoms with E-state index in [-0.39, 0.29) is 39.7 Å². The number of aliphatic hydroxyl groups is 1. The molecule has 7 nitrogen and oxygen atoms in total. The summed E-state index contributed by atoms with van der Waals surface area (Å²) in [4.78, 5) is 25.3. The van der Waals surface area contributed by atoms with Gasteiger partial charge in [0.25, 0.3) is 0 Å². The molecule has 1 heterocycles. The van der Waals surface area contributed by atoms with Gasteiger partial charge in [-0.25, -0.2) is 4.79 Å². The number of carboxylic acids is 1. The lowest BCUT2D eigenvalue weighted by Gasteiger charge is -2.68. The minimum absolute atomic E-state index is 0.00213. The summed E-state index contributed by atoms with van der Waals surface area (Å²) in [7, 11) is 0. The van der Waals surface area contributed by atoms with Crippen LogP contribution in [-0.2, 0) is 26.4 Å². The molecule has 1 aliphatic heterocycles. The Balaban J connectivity index is 1.22. The van der Waals surface area contributed by atoms with Crippen LogP contribution in [0.5, 0.6) is 0 Å². The molecule has 4 saturated carbocycles. The Morgan fingerprint density at radius 3 is 2.26 bits per heavy atom. The van der Waals surface area contributed by atoms with E-state index in [0.717, 1.165) is 49.7 Å². The highest BCUT2D eigenvalue weighted by molar-refractivity contribution is 5.88. The van der Waals surface area contributed by atoms with Crippen LogP contribution in [0.15, 0.2) is 45.6 Å². The summed E-state index contributed by atoms with van der Waals surface area (Å²) in [5.74, 6) is -0.227. The predicted octanol–water partition coefficient (Wildman–Crippen LogP) is 8.54. The second-order valence-electron chi connectivity index (χ2n) is 15.9. The molecule has 0 saturated heterocycles. The lowest BCUT2D eigenvalue weighted by atomic mass is 9.37. The van der Waals surface area contributed by atoms with Crippen molar-refractivity contribution in [3.05, 3.63) is 46.5 Å². The van der Waals surface area contributed by atoms with Crippen molar-refractivity contribution in [3.8, 4) is 0 Å². The number of esters is 1. The van der Waals surface area contributed by atoms with Crippen molar-refractivity contribution in [2.24, 2.45) is 50.1 Å². The van der Waals surface area contributed by atoms with Gasteiger partial charge in [-0.05, 0) is 122 Å². The smallest absolute Gasteiger partial charge is 0.442 e. The number of carboxylic acid groups (broad SMARTS) is 1.